The Morgan fingerprint density at radius 2 is 2.00 bits per heavy atom. The van der Waals surface area contributed by atoms with E-state index in [0.29, 0.717) is 5.78 Å². The van der Waals surface area contributed by atoms with Crippen molar-refractivity contribution in [2.75, 3.05) is 19.6 Å². The molecule has 1 heterocycles. The first-order valence-electron chi connectivity index (χ1n) is 4.57. The van der Waals surface area contributed by atoms with Crippen LogP contribution in [0.25, 0.3) is 0 Å². The SMILES string of the molecule is CCCCN1CCC(=O)CC1. The first-order valence-corrected chi connectivity index (χ1v) is 4.57. The van der Waals surface area contributed by atoms with E-state index < -0.39 is 0 Å². The van der Waals surface area contributed by atoms with E-state index in [9.17, 15) is 4.79 Å². The highest BCUT2D eigenvalue weighted by Gasteiger charge is 2.14. The van der Waals surface area contributed by atoms with Gasteiger partial charge in [0.1, 0.15) is 5.78 Å². The second-order valence-electron chi connectivity index (χ2n) is 3.23. The molecule has 64 valence electrons. The van der Waals surface area contributed by atoms with Crippen molar-refractivity contribution < 1.29 is 4.79 Å². The molecule has 1 fully saturated rings. The normalized spacial score (nSPS) is 20.6. The number of hydrogen-bond acceptors (Lipinski definition) is 2. The zero-order chi connectivity index (χ0) is 8.10. The summed E-state index contributed by atoms with van der Waals surface area (Å²) in [5.74, 6) is 0.442. The van der Waals surface area contributed by atoms with Crippen molar-refractivity contribution in [3.8, 4) is 0 Å². The maximum absolute atomic E-state index is 10.9. The lowest BCUT2D eigenvalue weighted by Crippen LogP contribution is -2.34. The van der Waals surface area contributed by atoms with Crippen molar-refractivity contribution in [2.45, 2.75) is 32.6 Å². The largest absolute Gasteiger partial charge is 0.302 e. The molecule has 0 saturated carbocycles. The van der Waals surface area contributed by atoms with Gasteiger partial charge < -0.3 is 4.90 Å². The maximum Gasteiger partial charge on any atom is 0.135 e. The van der Waals surface area contributed by atoms with Gasteiger partial charge >= 0.3 is 0 Å². The molecule has 0 unspecified atom stereocenters. The number of nitrogens with zero attached hydrogens (tertiary/aromatic N) is 1. The fraction of sp³-hybridized carbons (Fsp3) is 0.889. The molecule has 0 bridgehead atoms. The monoisotopic (exact) mass is 155 g/mol. The number of likely N-dealkylation sites (tertiary alicyclic amines) is 1. The lowest BCUT2D eigenvalue weighted by molar-refractivity contribution is -0.121. The van der Waals surface area contributed by atoms with Crippen LogP contribution in [0, 0.1) is 0 Å². The Morgan fingerprint density at radius 3 is 2.55 bits per heavy atom. The van der Waals surface area contributed by atoms with Gasteiger partial charge in [0.2, 0.25) is 0 Å². The Morgan fingerprint density at radius 1 is 1.36 bits per heavy atom. The molecule has 0 radical (unpaired) electrons. The van der Waals surface area contributed by atoms with E-state index in [2.05, 4.69) is 11.8 Å². The van der Waals surface area contributed by atoms with Crippen molar-refractivity contribution in [3.05, 3.63) is 0 Å². The van der Waals surface area contributed by atoms with E-state index >= 15 is 0 Å². The summed E-state index contributed by atoms with van der Waals surface area (Å²) in [5.41, 5.74) is 0. The average Bonchev–Trinajstić information content (AvgIpc) is 2.04. The molecular weight excluding hydrogens is 138 g/mol. The summed E-state index contributed by atoms with van der Waals surface area (Å²) in [5, 5.41) is 0. The Balaban J connectivity index is 2.12. The van der Waals surface area contributed by atoms with E-state index in [0.717, 1.165) is 25.9 Å². The highest BCUT2D eigenvalue weighted by Crippen LogP contribution is 2.06. The lowest BCUT2D eigenvalue weighted by atomic mass is 10.1. The summed E-state index contributed by atoms with van der Waals surface area (Å²) < 4.78 is 0. The second-order valence-corrected chi connectivity index (χ2v) is 3.23. The van der Waals surface area contributed by atoms with Crippen LogP contribution in [-0.4, -0.2) is 30.3 Å². The van der Waals surface area contributed by atoms with Gasteiger partial charge in [0.25, 0.3) is 0 Å². The van der Waals surface area contributed by atoms with Crippen LogP contribution in [-0.2, 0) is 4.79 Å². The molecule has 0 aromatic carbocycles. The molecule has 2 nitrogen and oxygen atoms in total. The molecule has 0 aromatic heterocycles. The van der Waals surface area contributed by atoms with Crippen LogP contribution < -0.4 is 0 Å². The zero-order valence-corrected chi connectivity index (χ0v) is 7.31. The van der Waals surface area contributed by atoms with E-state index in [-0.39, 0.29) is 0 Å². The molecule has 2 heteroatoms. The second kappa shape index (κ2) is 4.50. The van der Waals surface area contributed by atoms with Gasteiger partial charge in [-0.25, -0.2) is 0 Å². The Kier molecular flexibility index (Phi) is 3.57. The highest BCUT2D eigenvalue weighted by atomic mass is 16.1. The summed E-state index contributed by atoms with van der Waals surface area (Å²) in [6, 6.07) is 0. The Hall–Kier alpha value is -0.370. The third kappa shape index (κ3) is 3.02. The minimum Gasteiger partial charge on any atom is -0.302 e. The van der Waals surface area contributed by atoms with Gasteiger partial charge in [-0.3, -0.25) is 4.79 Å². The van der Waals surface area contributed by atoms with E-state index in [1.165, 1.54) is 19.4 Å². The third-order valence-electron chi connectivity index (χ3n) is 2.24. The number of piperidine rings is 1. The predicted octanol–water partition coefficient (Wildman–Crippen LogP) is 1.45. The predicted molar refractivity (Wildman–Crippen MR) is 45.6 cm³/mol. The summed E-state index contributed by atoms with van der Waals surface area (Å²) in [6.45, 7) is 5.39. The fourth-order valence-electron chi connectivity index (χ4n) is 1.41. The summed E-state index contributed by atoms with van der Waals surface area (Å²) in [4.78, 5) is 13.2. The lowest BCUT2D eigenvalue weighted by Gasteiger charge is -2.25. The van der Waals surface area contributed by atoms with Gasteiger partial charge in [-0.15, -0.1) is 0 Å². The van der Waals surface area contributed by atoms with Crippen molar-refractivity contribution in [3.63, 3.8) is 0 Å². The molecule has 0 N–H and O–H groups in total. The zero-order valence-electron chi connectivity index (χ0n) is 7.31. The van der Waals surface area contributed by atoms with Crippen LogP contribution >= 0.6 is 0 Å². The van der Waals surface area contributed by atoms with Crippen LogP contribution in [0.1, 0.15) is 32.6 Å². The fourth-order valence-corrected chi connectivity index (χ4v) is 1.41. The highest BCUT2D eigenvalue weighted by molar-refractivity contribution is 5.79. The molecule has 11 heavy (non-hydrogen) atoms. The van der Waals surface area contributed by atoms with Gasteiger partial charge in [0.15, 0.2) is 0 Å². The molecule has 1 aliphatic heterocycles. The van der Waals surface area contributed by atoms with Gasteiger partial charge in [-0.1, -0.05) is 13.3 Å². The van der Waals surface area contributed by atoms with Gasteiger partial charge in [0, 0.05) is 25.9 Å². The molecule has 0 spiro atoms. The number of ketones is 1. The molecule has 0 aliphatic carbocycles. The average molecular weight is 155 g/mol. The van der Waals surface area contributed by atoms with Crippen LogP contribution in [0.3, 0.4) is 0 Å². The molecule has 1 aliphatic rings. The van der Waals surface area contributed by atoms with Gasteiger partial charge in [-0.05, 0) is 13.0 Å². The first-order chi connectivity index (χ1) is 5.33. The minimum absolute atomic E-state index is 0.442. The van der Waals surface area contributed by atoms with Crippen LogP contribution in [0.5, 0.6) is 0 Å². The van der Waals surface area contributed by atoms with Crippen molar-refractivity contribution in [1.82, 2.24) is 4.90 Å². The Bertz CT molecular complexity index is 124. The number of carbonyl (C=O) groups is 1. The van der Waals surface area contributed by atoms with Crippen LogP contribution in [0.2, 0.25) is 0 Å². The third-order valence-corrected chi connectivity index (χ3v) is 2.24. The van der Waals surface area contributed by atoms with Crippen molar-refractivity contribution in [1.29, 1.82) is 0 Å². The van der Waals surface area contributed by atoms with Crippen LogP contribution in [0.4, 0.5) is 0 Å². The van der Waals surface area contributed by atoms with Gasteiger partial charge in [-0.2, -0.15) is 0 Å². The first kappa shape index (κ1) is 8.72. The number of unbranched alkanes of at least 4 members (excludes halogenated alkanes) is 1. The summed E-state index contributed by atoms with van der Waals surface area (Å²) in [6.07, 6.45) is 4.09. The van der Waals surface area contributed by atoms with Gasteiger partial charge in [0.05, 0.1) is 0 Å². The molecule has 1 saturated heterocycles. The standard InChI is InChI=1S/C9H17NO/c1-2-3-6-10-7-4-9(11)5-8-10/h2-8H2,1H3. The summed E-state index contributed by atoms with van der Waals surface area (Å²) >= 11 is 0. The molecule has 0 amide bonds. The molecule has 0 atom stereocenters. The summed E-state index contributed by atoms with van der Waals surface area (Å²) in [7, 11) is 0. The van der Waals surface area contributed by atoms with E-state index in [1.807, 2.05) is 0 Å². The molecular formula is C9H17NO. The van der Waals surface area contributed by atoms with Crippen molar-refractivity contribution >= 4 is 5.78 Å². The number of Topliss-reactive ketones (excluding diaryl/α,β-unsaturated/α-hetero) is 1. The quantitative estimate of drug-likeness (QED) is 0.615. The van der Waals surface area contributed by atoms with Crippen LogP contribution in [0.15, 0.2) is 0 Å². The number of hydrogen-bond donors (Lipinski definition) is 0. The van der Waals surface area contributed by atoms with E-state index in [1.54, 1.807) is 0 Å². The number of rotatable bonds is 3. The maximum atomic E-state index is 10.9. The smallest absolute Gasteiger partial charge is 0.135 e. The number of carbonyl (C=O) groups excluding carboxylic acids is 1. The topological polar surface area (TPSA) is 20.3 Å². The van der Waals surface area contributed by atoms with E-state index in [4.69, 9.17) is 0 Å². The minimum atomic E-state index is 0.442. The Labute approximate surface area is 68.6 Å². The molecule has 1 rings (SSSR count). The van der Waals surface area contributed by atoms with Crippen molar-refractivity contribution in [2.24, 2.45) is 0 Å². The molecule has 0 aromatic rings.